The highest BCUT2D eigenvalue weighted by Crippen LogP contribution is 2.21. The Morgan fingerprint density at radius 1 is 1.18 bits per heavy atom. The van der Waals surface area contributed by atoms with Crippen LogP contribution in [0.2, 0.25) is 5.02 Å². The molecule has 2 amide bonds. The van der Waals surface area contributed by atoms with Crippen molar-refractivity contribution in [1.82, 2.24) is 10.2 Å². The van der Waals surface area contributed by atoms with Gasteiger partial charge in [-0.3, -0.25) is 9.59 Å². The van der Waals surface area contributed by atoms with E-state index in [1.54, 1.807) is 4.90 Å². The van der Waals surface area contributed by atoms with E-state index < -0.39 is 6.10 Å². The number of hydrogen-bond acceptors (Lipinski definition) is 5. The average Bonchev–Trinajstić information content (AvgIpc) is 3.15. The van der Waals surface area contributed by atoms with Gasteiger partial charge in [-0.2, -0.15) is 0 Å². The topological polar surface area (TPSA) is 87.9 Å². The summed E-state index contributed by atoms with van der Waals surface area (Å²) in [5.41, 5.74) is 6.61. The van der Waals surface area contributed by atoms with Crippen LogP contribution in [0.5, 0.6) is 0 Å². The monoisotopic (exact) mass is 452 g/mol. The largest absolute Gasteiger partial charge is 0.368 e. The van der Waals surface area contributed by atoms with Crippen LogP contribution in [0, 0.1) is 0 Å². The second kappa shape index (κ2) is 11.7. The number of benzene rings is 1. The number of carbonyl (C=O) groups is 2. The highest BCUT2D eigenvalue weighted by molar-refractivity contribution is 6.30. The van der Waals surface area contributed by atoms with E-state index in [0.29, 0.717) is 31.1 Å². The minimum Gasteiger partial charge on any atom is -0.368 e. The van der Waals surface area contributed by atoms with Crippen LogP contribution in [0.15, 0.2) is 24.3 Å². The Morgan fingerprint density at radius 3 is 2.50 bits per heavy atom. The molecular weight excluding hydrogens is 427 g/mol. The molecule has 10 heteroatoms. The number of nitrogens with zero attached hydrogens (tertiary/aromatic N) is 2. The summed E-state index contributed by atoms with van der Waals surface area (Å²) in [7, 11) is 0. The van der Waals surface area contributed by atoms with Crippen molar-refractivity contribution in [2.75, 3.05) is 44.2 Å². The molecule has 28 heavy (non-hydrogen) atoms. The molecule has 0 spiro atoms. The maximum atomic E-state index is 12.3. The van der Waals surface area contributed by atoms with Crippen LogP contribution in [0.25, 0.3) is 0 Å². The molecule has 0 unspecified atom stereocenters. The summed E-state index contributed by atoms with van der Waals surface area (Å²) in [5.74, 6) is -0.302. The first kappa shape index (κ1) is 24.8. The number of nitrogens with two attached hydrogens (primary N) is 1. The summed E-state index contributed by atoms with van der Waals surface area (Å²) in [6.45, 7) is 3.14. The molecule has 0 saturated carbocycles. The Morgan fingerprint density at radius 2 is 1.89 bits per heavy atom. The predicted octanol–water partition coefficient (Wildman–Crippen LogP) is 1.45. The smallest absolute Gasteiger partial charge is 0.249 e. The first-order chi connectivity index (χ1) is 12.6. The summed E-state index contributed by atoms with van der Waals surface area (Å²) in [6, 6.07) is 7.71. The zero-order valence-electron chi connectivity index (χ0n) is 15.5. The normalized spacial score (nSPS) is 21.5. The molecule has 0 bridgehead atoms. The fourth-order valence-electron chi connectivity index (χ4n) is 3.35. The van der Waals surface area contributed by atoms with Crippen LogP contribution >= 0.6 is 36.4 Å². The highest BCUT2D eigenvalue weighted by Gasteiger charge is 2.30. The quantitative estimate of drug-likeness (QED) is 0.705. The van der Waals surface area contributed by atoms with Crippen molar-refractivity contribution in [1.29, 1.82) is 0 Å². The predicted molar refractivity (Wildman–Crippen MR) is 115 cm³/mol. The Labute approximate surface area is 182 Å². The van der Waals surface area contributed by atoms with E-state index >= 15 is 0 Å². The number of carbonyl (C=O) groups excluding carboxylic acids is 2. The Kier molecular flexibility index (Phi) is 10.3. The third-order valence-corrected chi connectivity index (χ3v) is 5.12. The highest BCUT2D eigenvalue weighted by atomic mass is 35.5. The van der Waals surface area contributed by atoms with Gasteiger partial charge in [-0.1, -0.05) is 17.7 Å². The zero-order chi connectivity index (χ0) is 18.5. The van der Waals surface area contributed by atoms with Gasteiger partial charge in [-0.25, -0.2) is 0 Å². The molecule has 158 valence electrons. The molecule has 2 fully saturated rings. The molecule has 1 aromatic rings. The minimum absolute atomic E-state index is 0. The number of anilines is 1. The molecular formula is C18H27Cl3N4O3. The van der Waals surface area contributed by atoms with E-state index in [0.717, 1.165) is 25.2 Å². The van der Waals surface area contributed by atoms with Crippen LogP contribution in [-0.2, 0) is 14.3 Å². The number of amides is 2. The van der Waals surface area contributed by atoms with Gasteiger partial charge < -0.3 is 25.6 Å². The third-order valence-electron chi connectivity index (χ3n) is 4.88. The van der Waals surface area contributed by atoms with Crippen LogP contribution in [0.1, 0.15) is 12.8 Å². The van der Waals surface area contributed by atoms with Gasteiger partial charge in [0.1, 0.15) is 6.10 Å². The molecule has 3 rings (SSSR count). The van der Waals surface area contributed by atoms with E-state index in [9.17, 15) is 9.59 Å². The lowest BCUT2D eigenvalue weighted by atomic mass is 10.2. The third kappa shape index (κ3) is 6.39. The molecule has 1 aromatic carbocycles. The molecule has 2 atom stereocenters. The molecule has 2 aliphatic rings. The molecule has 0 aromatic heterocycles. The van der Waals surface area contributed by atoms with E-state index in [1.165, 1.54) is 0 Å². The first-order valence-corrected chi connectivity index (χ1v) is 9.36. The number of piperazine rings is 1. The van der Waals surface area contributed by atoms with Crippen molar-refractivity contribution >= 4 is 53.9 Å². The lowest BCUT2D eigenvalue weighted by Gasteiger charge is -2.36. The van der Waals surface area contributed by atoms with Crippen molar-refractivity contribution in [3.63, 3.8) is 0 Å². The maximum Gasteiger partial charge on any atom is 0.249 e. The van der Waals surface area contributed by atoms with Crippen LogP contribution < -0.4 is 16.0 Å². The Bertz CT molecular complexity index is 657. The van der Waals surface area contributed by atoms with Crippen LogP contribution in [-0.4, -0.2) is 68.2 Å². The van der Waals surface area contributed by atoms with Gasteiger partial charge in [0, 0.05) is 43.4 Å². The molecule has 2 aliphatic heterocycles. The van der Waals surface area contributed by atoms with E-state index in [2.05, 4.69) is 10.2 Å². The number of halogens is 3. The first-order valence-electron chi connectivity index (χ1n) is 8.98. The molecule has 2 heterocycles. The summed E-state index contributed by atoms with van der Waals surface area (Å²) in [4.78, 5) is 28.4. The van der Waals surface area contributed by atoms with E-state index in [-0.39, 0.29) is 49.3 Å². The van der Waals surface area contributed by atoms with E-state index in [1.807, 2.05) is 24.3 Å². The number of rotatable bonds is 5. The van der Waals surface area contributed by atoms with Crippen LogP contribution in [0.3, 0.4) is 0 Å². The second-order valence-corrected chi connectivity index (χ2v) is 7.06. The zero-order valence-corrected chi connectivity index (χ0v) is 17.9. The van der Waals surface area contributed by atoms with Gasteiger partial charge in [0.2, 0.25) is 11.8 Å². The fourth-order valence-corrected chi connectivity index (χ4v) is 3.53. The fraction of sp³-hybridized carbons (Fsp3) is 0.556. The Hall–Kier alpha value is -1.25. The standard InChI is InChI=1S/C18H25ClN4O3.2ClH/c19-13-2-1-3-14(10-13)22-6-8-23(9-7-22)17(24)12-21-18(25)16-5-4-15(11-20)26-16;;/h1-3,10,15-16H,4-9,11-12,20H2,(H,21,25);2*1H/t15-,16+;;/m1../s1. The SMILES string of the molecule is Cl.Cl.NC[C@H]1CC[C@@H](C(=O)NCC(=O)N2CCN(c3cccc(Cl)c3)CC2)O1. The molecule has 0 radical (unpaired) electrons. The lowest BCUT2D eigenvalue weighted by Crippen LogP contribution is -2.51. The molecule has 3 N–H and O–H groups in total. The summed E-state index contributed by atoms with van der Waals surface area (Å²) in [6.07, 6.45) is 0.894. The van der Waals surface area contributed by atoms with Gasteiger partial charge >= 0.3 is 0 Å². The van der Waals surface area contributed by atoms with Gasteiger partial charge in [0.25, 0.3) is 0 Å². The van der Waals surface area contributed by atoms with E-state index in [4.69, 9.17) is 22.1 Å². The van der Waals surface area contributed by atoms with Gasteiger partial charge in [0.15, 0.2) is 0 Å². The maximum absolute atomic E-state index is 12.3. The van der Waals surface area contributed by atoms with Gasteiger partial charge in [-0.15, -0.1) is 24.8 Å². The van der Waals surface area contributed by atoms with Crippen molar-refractivity contribution in [3.05, 3.63) is 29.3 Å². The van der Waals surface area contributed by atoms with Crippen molar-refractivity contribution in [2.24, 2.45) is 5.73 Å². The Balaban J connectivity index is 0.00000196. The second-order valence-electron chi connectivity index (χ2n) is 6.63. The summed E-state index contributed by atoms with van der Waals surface area (Å²) < 4.78 is 5.54. The lowest BCUT2D eigenvalue weighted by molar-refractivity contribution is -0.137. The molecule has 0 aliphatic carbocycles. The summed E-state index contributed by atoms with van der Waals surface area (Å²) in [5, 5.41) is 3.39. The minimum atomic E-state index is -0.490. The van der Waals surface area contributed by atoms with Gasteiger partial charge in [-0.05, 0) is 31.0 Å². The number of nitrogens with one attached hydrogen (secondary N) is 1. The number of hydrogen-bond donors (Lipinski definition) is 2. The molecule has 7 nitrogen and oxygen atoms in total. The van der Waals surface area contributed by atoms with Crippen LogP contribution in [0.4, 0.5) is 5.69 Å². The van der Waals surface area contributed by atoms with Gasteiger partial charge in [0.05, 0.1) is 12.6 Å². The van der Waals surface area contributed by atoms with Crippen molar-refractivity contribution in [3.8, 4) is 0 Å². The summed E-state index contributed by atoms with van der Waals surface area (Å²) >= 11 is 6.04. The van der Waals surface area contributed by atoms with Crippen molar-refractivity contribution in [2.45, 2.75) is 25.0 Å². The number of ether oxygens (including phenoxy) is 1. The average molecular weight is 454 g/mol. The molecule has 2 saturated heterocycles. The van der Waals surface area contributed by atoms with Crippen molar-refractivity contribution < 1.29 is 14.3 Å².